The lowest BCUT2D eigenvalue weighted by molar-refractivity contribution is -0.154. The Morgan fingerprint density at radius 1 is 1.05 bits per heavy atom. The smallest absolute Gasteiger partial charge is 0.192 e. The number of aliphatic hydroxyl groups is 1. The maximum atomic E-state index is 11.4. The number of hydrogen-bond acceptors (Lipinski definition) is 4. The fraction of sp³-hybridized carbons (Fsp3) is 0.737. The van der Waals surface area contributed by atoms with Crippen LogP contribution in [0.5, 0.6) is 0 Å². The molecule has 0 aromatic heterocycles. The van der Waals surface area contributed by atoms with Gasteiger partial charge in [0.1, 0.15) is 0 Å². The van der Waals surface area contributed by atoms with E-state index in [4.69, 9.17) is 13.9 Å². The third-order valence-electron chi connectivity index (χ3n) is 9.26. The van der Waals surface area contributed by atoms with Crippen LogP contribution in [0.15, 0.2) is 59.8 Å². The number of hydrogen-bond donors (Lipinski definition) is 1. The summed E-state index contributed by atoms with van der Waals surface area (Å²) in [7, 11) is -1.95. The van der Waals surface area contributed by atoms with E-state index in [1.54, 1.807) is 0 Å². The largest absolute Gasteiger partial charge is 0.413 e. The van der Waals surface area contributed by atoms with E-state index in [1.807, 2.05) is 19.9 Å². The van der Waals surface area contributed by atoms with E-state index in [0.29, 0.717) is 11.8 Å². The first-order valence-corrected chi connectivity index (χ1v) is 19.9. The molecule has 0 bridgehead atoms. The second-order valence-corrected chi connectivity index (χ2v) is 19.6. The van der Waals surface area contributed by atoms with E-state index in [1.165, 1.54) is 11.1 Å². The summed E-state index contributed by atoms with van der Waals surface area (Å²) >= 11 is 0. The highest BCUT2D eigenvalue weighted by Gasteiger charge is 2.42. The van der Waals surface area contributed by atoms with Crippen LogP contribution in [0.3, 0.4) is 0 Å². The maximum Gasteiger partial charge on any atom is 0.192 e. The molecule has 5 heteroatoms. The minimum Gasteiger partial charge on any atom is -0.413 e. The van der Waals surface area contributed by atoms with Gasteiger partial charge in [-0.15, -0.1) is 0 Å². The Labute approximate surface area is 267 Å². The van der Waals surface area contributed by atoms with E-state index in [0.717, 1.165) is 25.7 Å². The normalized spacial score (nSPS) is 23.6. The molecule has 1 aliphatic heterocycles. The Morgan fingerprint density at radius 2 is 1.70 bits per heavy atom. The molecule has 0 radical (unpaired) electrons. The van der Waals surface area contributed by atoms with Crippen LogP contribution in [0.4, 0.5) is 0 Å². The Bertz CT molecular complexity index is 951. The van der Waals surface area contributed by atoms with Gasteiger partial charge in [-0.25, -0.2) is 0 Å². The SMILES string of the molecule is CCC(=C/[C@H](C)C/C=C/C(C)=C/[C@@H](C)[C@H](O)[C@@H](C)[C@H](O[Si](C)(C)C(C)(C)C)[C@@H](C)CC)/C=C/[C@H]1CC=C[C@H](OC(C)C)O1. The monoisotopic (exact) mass is 616 g/mol. The van der Waals surface area contributed by atoms with Gasteiger partial charge in [-0.05, 0) is 76.1 Å². The zero-order chi connectivity index (χ0) is 33.0. The van der Waals surface area contributed by atoms with E-state index >= 15 is 0 Å². The fourth-order valence-corrected chi connectivity index (χ4v) is 6.70. The van der Waals surface area contributed by atoms with Gasteiger partial charge in [0.25, 0.3) is 0 Å². The van der Waals surface area contributed by atoms with Gasteiger partial charge in [0.2, 0.25) is 0 Å². The van der Waals surface area contributed by atoms with Crippen molar-refractivity contribution in [1.82, 2.24) is 0 Å². The molecule has 0 fully saturated rings. The van der Waals surface area contributed by atoms with Crippen LogP contribution in [-0.4, -0.2) is 44.1 Å². The standard InChI is InChI=1S/C38H68O4Si/c1-15-30(7)37(42-43(13,14)38(10,11)12)32(9)36(39)31(8)25-28(5)19-17-20-29(6)26-33(16-2)23-24-34-21-18-22-35(41-34)40-27(3)4/h17-19,22-27,29-32,34-37,39H,15-16,20-21H2,1-14H3/b19-17+,24-23+,28-25+,33-26-/t29-,30+,31-,32-,34-,35-,36+,37-/m1/s1. The summed E-state index contributed by atoms with van der Waals surface area (Å²) in [5.41, 5.74) is 2.52. The van der Waals surface area contributed by atoms with Crippen LogP contribution < -0.4 is 0 Å². The minimum absolute atomic E-state index is 0.0470. The first kappa shape index (κ1) is 39.8. The molecular weight excluding hydrogens is 549 g/mol. The lowest BCUT2D eigenvalue weighted by Gasteiger charge is -2.44. The van der Waals surface area contributed by atoms with Crippen LogP contribution >= 0.6 is 0 Å². The van der Waals surface area contributed by atoms with Crippen molar-refractivity contribution in [2.45, 2.75) is 158 Å². The van der Waals surface area contributed by atoms with E-state index in [2.05, 4.69) is 125 Å². The van der Waals surface area contributed by atoms with Crippen LogP contribution in [0.2, 0.25) is 18.1 Å². The summed E-state index contributed by atoms with van der Waals surface area (Å²) in [6, 6.07) is 0. The van der Waals surface area contributed by atoms with E-state index in [9.17, 15) is 5.11 Å². The molecule has 43 heavy (non-hydrogen) atoms. The van der Waals surface area contributed by atoms with Crippen molar-refractivity contribution >= 4 is 8.32 Å². The molecule has 1 heterocycles. The molecule has 0 spiro atoms. The number of rotatable bonds is 17. The highest BCUT2D eigenvalue weighted by molar-refractivity contribution is 6.74. The number of aliphatic hydroxyl groups excluding tert-OH is 1. The summed E-state index contributed by atoms with van der Waals surface area (Å²) in [5.74, 6) is 0.933. The predicted octanol–water partition coefficient (Wildman–Crippen LogP) is 10.6. The summed E-state index contributed by atoms with van der Waals surface area (Å²) in [6.07, 6.45) is 21.0. The van der Waals surface area contributed by atoms with E-state index in [-0.39, 0.29) is 41.5 Å². The molecule has 0 aromatic rings. The van der Waals surface area contributed by atoms with Crippen LogP contribution in [0.25, 0.3) is 0 Å². The minimum atomic E-state index is -1.95. The van der Waals surface area contributed by atoms with Gasteiger partial charge in [0.05, 0.1) is 24.4 Å². The fourth-order valence-electron chi connectivity index (χ4n) is 5.22. The van der Waals surface area contributed by atoms with Gasteiger partial charge in [0, 0.05) is 11.8 Å². The number of ether oxygens (including phenoxy) is 2. The summed E-state index contributed by atoms with van der Waals surface area (Å²) in [5, 5.41) is 11.6. The van der Waals surface area contributed by atoms with E-state index < -0.39 is 14.4 Å². The van der Waals surface area contributed by atoms with Crippen molar-refractivity contribution in [3.8, 4) is 0 Å². The van der Waals surface area contributed by atoms with Crippen molar-refractivity contribution in [3.63, 3.8) is 0 Å². The van der Waals surface area contributed by atoms with Crippen LogP contribution in [-0.2, 0) is 13.9 Å². The van der Waals surface area contributed by atoms with Gasteiger partial charge in [0.15, 0.2) is 14.6 Å². The first-order chi connectivity index (χ1) is 19.9. The van der Waals surface area contributed by atoms with Gasteiger partial charge < -0.3 is 19.0 Å². The van der Waals surface area contributed by atoms with Crippen molar-refractivity contribution in [3.05, 3.63) is 59.8 Å². The summed E-state index contributed by atoms with van der Waals surface area (Å²) in [4.78, 5) is 0. The van der Waals surface area contributed by atoms with Gasteiger partial charge in [-0.2, -0.15) is 0 Å². The Hall–Kier alpha value is -1.24. The number of allylic oxidation sites excluding steroid dienone is 6. The van der Waals surface area contributed by atoms with Crippen molar-refractivity contribution in [1.29, 1.82) is 0 Å². The van der Waals surface area contributed by atoms with Crippen molar-refractivity contribution in [2.24, 2.45) is 23.7 Å². The van der Waals surface area contributed by atoms with Crippen LogP contribution in [0, 0.1) is 23.7 Å². The third-order valence-corrected chi connectivity index (χ3v) is 13.7. The summed E-state index contributed by atoms with van der Waals surface area (Å²) in [6.45, 7) is 31.0. The van der Waals surface area contributed by atoms with Crippen molar-refractivity contribution < 1.29 is 19.0 Å². The Balaban J connectivity index is 2.80. The predicted molar refractivity (Wildman–Crippen MR) is 189 cm³/mol. The molecule has 0 aliphatic carbocycles. The second kappa shape index (κ2) is 18.7. The Kier molecular flexibility index (Phi) is 17.3. The quantitative estimate of drug-likeness (QED) is 0.100. The molecule has 1 N–H and O–H groups in total. The molecule has 0 aromatic carbocycles. The van der Waals surface area contributed by atoms with Crippen molar-refractivity contribution in [2.75, 3.05) is 0 Å². The highest BCUT2D eigenvalue weighted by atomic mass is 28.4. The third kappa shape index (κ3) is 14.2. The Morgan fingerprint density at radius 3 is 2.26 bits per heavy atom. The molecular formula is C38H68O4Si. The second-order valence-electron chi connectivity index (χ2n) is 14.8. The van der Waals surface area contributed by atoms with Gasteiger partial charge >= 0.3 is 0 Å². The average Bonchev–Trinajstić information content (AvgIpc) is 2.91. The molecule has 248 valence electrons. The molecule has 4 nitrogen and oxygen atoms in total. The summed E-state index contributed by atoms with van der Waals surface area (Å²) < 4.78 is 18.8. The zero-order valence-corrected chi connectivity index (χ0v) is 31.3. The zero-order valence-electron chi connectivity index (χ0n) is 30.3. The molecule has 0 saturated carbocycles. The maximum absolute atomic E-state index is 11.4. The first-order valence-electron chi connectivity index (χ1n) is 17.0. The molecule has 0 saturated heterocycles. The molecule has 8 atom stereocenters. The molecule has 1 rings (SSSR count). The highest BCUT2D eigenvalue weighted by Crippen LogP contribution is 2.40. The lowest BCUT2D eigenvalue weighted by Crippen LogP contribution is -2.49. The average molecular weight is 617 g/mol. The molecule has 1 aliphatic rings. The lowest BCUT2D eigenvalue weighted by atomic mass is 9.83. The topological polar surface area (TPSA) is 47.9 Å². The van der Waals surface area contributed by atoms with Gasteiger partial charge in [-0.1, -0.05) is 122 Å². The molecule has 0 amide bonds. The van der Waals surface area contributed by atoms with Gasteiger partial charge in [-0.3, -0.25) is 0 Å². The van der Waals surface area contributed by atoms with Crippen LogP contribution in [0.1, 0.15) is 109 Å². The molecule has 0 unspecified atom stereocenters.